The van der Waals surface area contributed by atoms with Gasteiger partial charge in [0.25, 0.3) is 0 Å². The highest BCUT2D eigenvalue weighted by Gasteiger charge is 2.03. The zero-order chi connectivity index (χ0) is 21.2. The fourth-order valence-electron chi connectivity index (χ4n) is 3.36. The molecule has 0 aliphatic carbocycles. The summed E-state index contributed by atoms with van der Waals surface area (Å²) in [7, 11) is 3.10. The highest BCUT2D eigenvalue weighted by atomic mass is 16.5. The van der Waals surface area contributed by atoms with Crippen LogP contribution in [0, 0.1) is 0 Å². The summed E-state index contributed by atoms with van der Waals surface area (Å²) in [4.78, 5) is 11.3. The van der Waals surface area contributed by atoms with Gasteiger partial charge in [-0.2, -0.15) is 0 Å². The topological polar surface area (TPSA) is 35.5 Å². The maximum absolute atomic E-state index is 11.3. The van der Waals surface area contributed by atoms with Crippen molar-refractivity contribution in [1.29, 1.82) is 0 Å². The number of ether oxygens (including phenoxy) is 2. The molecule has 0 radical (unpaired) electrons. The van der Waals surface area contributed by atoms with Gasteiger partial charge in [-0.1, -0.05) is 95.1 Å². The summed E-state index contributed by atoms with van der Waals surface area (Å²) in [5.41, 5.74) is 2.51. The first-order valence-electron chi connectivity index (χ1n) is 11.3. The lowest BCUT2D eigenvalue weighted by Gasteiger charge is -2.09. The van der Waals surface area contributed by atoms with Crippen molar-refractivity contribution in [3.05, 3.63) is 48.1 Å². The Bertz CT molecular complexity index is 599. The van der Waals surface area contributed by atoms with Crippen molar-refractivity contribution in [2.24, 2.45) is 0 Å². The van der Waals surface area contributed by atoms with Crippen molar-refractivity contribution >= 4 is 11.5 Å². The molecular formula is C26H40O3. The second kappa shape index (κ2) is 16.9. The van der Waals surface area contributed by atoms with Crippen LogP contribution in [0.2, 0.25) is 0 Å². The monoisotopic (exact) mass is 400 g/mol. The van der Waals surface area contributed by atoms with Crippen molar-refractivity contribution in [2.45, 2.75) is 84.0 Å². The van der Waals surface area contributed by atoms with Crippen LogP contribution in [0.3, 0.4) is 0 Å². The minimum atomic E-state index is -0.213. The van der Waals surface area contributed by atoms with Crippen LogP contribution in [0.1, 0.15) is 89.5 Å². The van der Waals surface area contributed by atoms with Gasteiger partial charge < -0.3 is 9.47 Å². The minimum absolute atomic E-state index is 0.213. The first-order chi connectivity index (χ1) is 14.2. The SMILES string of the molecule is CCCCCCCCCCCC/C(=C\C=C\CC(=O)OC)c1ccc(OC)cc1. The predicted molar refractivity (Wildman–Crippen MR) is 123 cm³/mol. The Labute approximate surface area is 178 Å². The van der Waals surface area contributed by atoms with E-state index in [1.165, 1.54) is 82.5 Å². The average molecular weight is 401 g/mol. The zero-order valence-corrected chi connectivity index (χ0v) is 18.8. The van der Waals surface area contributed by atoms with Gasteiger partial charge in [-0.25, -0.2) is 0 Å². The molecule has 0 aliphatic rings. The van der Waals surface area contributed by atoms with Gasteiger partial charge in [0.15, 0.2) is 0 Å². The van der Waals surface area contributed by atoms with Crippen LogP contribution in [0.15, 0.2) is 42.5 Å². The van der Waals surface area contributed by atoms with E-state index in [9.17, 15) is 4.79 Å². The van der Waals surface area contributed by atoms with Crippen LogP contribution in [0.25, 0.3) is 5.57 Å². The molecule has 1 aromatic rings. The van der Waals surface area contributed by atoms with Crippen molar-refractivity contribution in [3.63, 3.8) is 0 Å². The number of hydrogen-bond acceptors (Lipinski definition) is 3. The summed E-state index contributed by atoms with van der Waals surface area (Å²) in [5, 5.41) is 0. The smallest absolute Gasteiger partial charge is 0.309 e. The van der Waals surface area contributed by atoms with Crippen molar-refractivity contribution in [2.75, 3.05) is 14.2 Å². The molecule has 0 bridgehead atoms. The number of unbranched alkanes of at least 4 members (excludes halogenated alkanes) is 9. The summed E-state index contributed by atoms with van der Waals surface area (Å²) < 4.78 is 9.95. The second-order valence-electron chi connectivity index (χ2n) is 7.56. The molecule has 0 amide bonds. The third kappa shape index (κ3) is 12.2. The summed E-state index contributed by atoms with van der Waals surface area (Å²) in [6, 6.07) is 8.21. The lowest BCUT2D eigenvalue weighted by atomic mass is 9.98. The Morgan fingerprint density at radius 3 is 2.00 bits per heavy atom. The number of allylic oxidation sites excluding steroid dienone is 3. The summed E-state index contributed by atoms with van der Waals surface area (Å²) in [5.74, 6) is 0.656. The molecule has 0 fully saturated rings. The van der Waals surface area contributed by atoms with E-state index >= 15 is 0 Å². The average Bonchev–Trinajstić information content (AvgIpc) is 2.76. The van der Waals surface area contributed by atoms with Crippen LogP contribution >= 0.6 is 0 Å². The second-order valence-corrected chi connectivity index (χ2v) is 7.56. The fraction of sp³-hybridized carbons (Fsp3) is 0.577. The van der Waals surface area contributed by atoms with Crippen LogP contribution in [0.4, 0.5) is 0 Å². The number of hydrogen-bond donors (Lipinski definition) is 0. The third-order valence-corrected chi connectivity index (χ3v) is 5.21. The molecule has 0 spiro atoms. The summed E-state index contributed by atoms with van der Waals surface area (Å²) in [6.45, 7) is 2.27. The molecule has 0 aliphatic heterocycles. The first-order valence-corrected chi connectivity index (χ1v) is 11.3. The molecule has 0 N–H and O–H groups in total. The zero-order valence-electron chi connectivity index (χ0n) is 18.8. The number of rotatable bonds is 16. The molecule has 0 unspecified atom stereocenters. The molecule has 3 nitrogen and oxygen atoms in total. The number of esters is 1. The highest BCUT2D eigenvalue weighted by Crippen LogP contribution is 2.24. The van der Waals surface area contributed by atoms with Crippen LogP contribution < -0.4 is 4.74 Å². The van der Waals surface area contributed by atoms with E-state index in [2.05, 4.69) is 29.9 Å². The van der Waals surface area contributed by atoms with E-state index in [4.69, 9.17) is 4.74 Å². The van der Waals surface area contributed by atoms with E-state index < -0.39 is 0 Å². The lowest BCUT2D eigenvalue weighted by Crippen LogP contribution is -1.96. The van der Waals surface area contributed by atoms with Gasteiger partial charge in [-0.05, 0) is 36.1 Å². The standard InChI is InChI=1S/C26H40O3/c1-4-5-6-7-8-9-10-11-12-13-16-23(17-14-15-18-26(27)29-3)24-19-21-25(28-2)22-20-24/h14-15,17,19-22H,4-13,16,18H2,1-3H3/b15-14+,23-17+. The molecule has 1 aromatic carbocycles. The molecule has 0 aromatic heterocycles. The molecule has 0 saturated heterocycles. The van der Waals surface area contributed by atoms with E-state index in [1.807, 2.05) is 24.3 Å². The molecule has 29 heavy (non-hydrogen) atoms. The van der Waals surface area contributed by atoms with E-state index in [0.717, 1.165) is 12.2 Å². The van der Waals surface area contributed by atoms with Gasteiger partial charge in [0, 0.05) is 0 Å². The Balaban J connectivity index is 2.44. The van der Waals surface area contributed by atoms with Gasteiger partial charge in [0.1, 0.15) is 5.75 Å². The predicted octanol–water partition coefficient (Wildman–Crippen LogP) is 7.51. The Morgan fingerprint density at radius 2 is 1.45 bits per heavy atom. The van der Waals surface area contributed by atoms with Crippen LogP contribution in [0.5, 0.6) is 5.75 Å². The lowest BCUT2D eigenvalue weighted by molar-refractivity contribution is -0.139. The van der Waals surface area contributed by atoms with Gasteiger partial charge in [-0.15, -0.1) is 0 Å². The van der Waals surface area contributed by atoms with Crippen molar-refractivity contribution in [1.82, 2.24) is 0 Å². The number of carbonyl (C=O) groups excluding carboxylic acids is 1. The Kier molecular flexibility index (Phi) is 14.6. The van der Waals surface area contributed by atoms with E-state index in [-0.39, 0.29) is 5.97 Å². The van der Waals surface area contributed by atoms with E-state index in [1.54, 1.807) is 7.11 Å². The molecule has 0 atom stereocenters. The maximum atomic E-state index is 11.3. The van der Waals surface area contributed by atoms with Gasteiger partial charge in [0.05, 0.1) is 20.6 Å². The van der Waals surface area contributed by atoms with Gasteiger partial charge >= 0.3 is 5.97 Å². The molecule has 0 heterocycles. The van der Waals surface area contributed by atoms with Crippen LogP contribution in [-0.4, -0.2) is 20.2 Å². The highest BCUT2D eigenvalue weighted by molar-refractivity contribution is 5.71. The van der Waals surface area contributed by atoms with Gasteiger partial charge in [0.2, 0.25) is 0 Å². The fourth-order valence-corrected chi connectivity index (χ4v) is 3.36. The van der Waals surface area contributed by atoms with Crippen LogP contribution in [-0.2, 0) is 9.53 Å². The first kappa shape index (κ1) is 25.0. The quantitative estimate of drug-likeness (QED) is 0.164. The van der Waals surface area contributed by atoms with Gasteiger partial charge in [-0.3, -0.25) is 4.79 Å². The molecular weight excluding hydrogens is 360 g/mol. The third-order valence-electron chi connectivity index (χ3n) is 5.21. The summed E-state index contributed by atoms with van der Waals surface area (Å²) >= 11 is 0. The van der Waals surface area contributed by atoms with Crippen molar-refractivity contribution < 1.29 is 14.3 Å². The molecule has 0 saturated carbocycles. The minimum Gasteiger partial charge on any atom is -0.497 e. The van der Waals surface area contributed by atoms with E-state index in [0.29, 0.717) is 6.42 Å². The van der Waals surface area contributed by atoms with Crippen molar-refractivity contribution in [3.8, 4) is 5.75 Å². The maximum Gasteiger partial charge on any atom is 0.309 e. The number of methoxy groups -OCH3 is 2. The summed E-state index contributed by atoms with van der Waals surface area (Å²) in [6.07, 6.45) is 20.7. The Hall–Kier alpha value is -2.03. The molecule has 162 valence electrons. The molecule has 3 heteroatoms. The largest absolute Gasteiger partial charge is 0.497 e. The molecule has 1 rings (SSSR count). The normalized spacial score (nSPS) is 11.8. The number of carbonyl (C=O) groups is 1. The Morgan fingerprint density at radius 1 is 0.862 bits per heavy atom. The number of benzene rings is 1.